The van der Waals surface area contributed by atoms with Gasteiger partial charge in [-0.05, 0) is 64.5 Å². The number of aliphatic imine (C=N–C) groups is 1. The molecule has 0 aliphatic carbocycles. The van der Waals surface area contributed by atoms with Crippen LogP contribution in [-0.2, 0) is 4.79 Å². The van der Waals surface area contributed by atoms with E-state index >= 15 is 0 Å². The number of hydrogen-bond acceptors (Lipinski definition) is 5. The van der Waals surface area contributed by atoms with Crippen molar-refractivity contribution in [2.24, 2.45) is 4.99 Å². The monoisotopic (exact) mass is 605 g/mol. The van der Waals surface area contributed by atoms with Crippen LogP contribution < -0.4 is 5.32 Å². The normalized spacial score (nSPS) is 12.4. The molecule has 0 unspecified atom stereocenters. The first-order valence-electron chi connectivity index (χ1n) is 14.7. The van der Waals surface area contributed by atoms with Gasteiger partial charge in [-0.2, -0.15) is 0 Å². The molecule has 42 heavy (non-hydrogen) atoms. The maximum Gasteiger partial charge on any atom is 0.278 e. The number of unbranched alkanes of at least 4 members (excludes halogenated alkanes) is 1. The largest absolute Gasteiger partial charge is 0.355 e. The first-order valence-corrected chi connectivity index (χ1v) is 17.0. The molecule has 1 heterocycles. The van der Waals surface area contributed by atoms with Crippen LogP contribution in [0.4, 0.5) is 0 Å². The molecule has 2 amide bonds. The Morgan fingerprint density at radius 3 is 2.21 bits per heavy atom. The van der Waals surface area contributed by atoms with E-state index in [-0.39, 0.29) is 16.6 Å². The summed E-state index contributed by atoms with van der Waals surface area (Å²) in [5.41, 5.74) is 0.473. The van der Waals surface area contributed by atoms with Crippen molar-refractivity contribution < 1.29 is 9.59 Å². The molecular weight excluding hydrogens is 559 g/mol. The number of amides is 2. The molecule has 0 bridgehead atoms. The van der Waals surface area contributed by atoms with Crippen LogP contribution in [0.2, 0.25) is 0 Å². The van der Waals surface area contributed by atoms with E-state index in [4.69, 9.17) is 0 Å². The van der Waals surface area contributed by atoms with Crippen LogP contribution in [-0.4, -0.2) is 40.1 Å². The van der Waals surface area contributed by atoms with Gasteiger partial charge in [0.05, 0.1) is 10.3 Å². The van der Waals surface area contributed by atoms with E-state index in [1.165, 1.54) is 6.20 Å². The highest BCUT2D eigenvalue weighted by atomic mass is 33.1. The lowest BCUT2D eigenvalue weighted by Crippen LogP contribution is -2.25. The van der Waals surface area contributed by atoms with Gasteiger partial charge in [0.2, 0.25) is 5.91 Å². The molecule has 0 radical (unpaired) electrons. The molecule has 1 aromatic rings. The van der Waals surface area contributed by atoms with E-state index in [2.05, 4.69) is 94.8 Å². The molecule has 1 aromatic heterocycles. The smallest absolute Gasteiger partial charge is 0.278 e. The van der Waals surface area contributed by atoms with E-state index in [0.29, 0.717) is 18.5 Å². The minimum absolute atomic E-state index is 0.0584. The van der Waals surface area contributed by atoms with E-state index in [9.17, 15) is 9.59 Å². The second kappa shape index (κ2) is 25.6. The number of nitrogens with one attached hydrogen (secondary N) is 1. The molecule has 5 nitrogen and oxygen atoms in total. The number of pyridine rings is 1. The van der Waals surface area contributed by atoms with Crippen LogP contribution in [0.3, 0.4) is 0 Å². The van der Waals surface area contributed by atoms with Crippen molar-refractivity contribution in [3.8, 4) is 11.8 Å². The zero-order chi connectivity index (χ0) is 30.6. The van der Waals surface area contributed by atoms with Gasteiger partial charge in [0.25, 0.3) is 5.91 Å². The zero-order valence-electron chi connectivity index (χ0n) is 25.5. The molecule has 0 saturated heterocycles. The summed E-state index contributed by atoms with van der Waals surface area (Å²) in [5.74, 6) is 6.84. The van der Waals surface area contributed by atoms with Gasteiger partial charge in [-0.25, -0.2) is 4.99 Å². The van der Waals surface area contributed by atoms with Crippen molar-refractivity contribution in [3.63, 3.8) is 0 Å². The molecule has 1 rings (SSSR count). The fraction of sp³-hybridized carbons (Fsp3) is 0.429. The standard InChI is InChI=1S/C35H47N3O2S2/c1-4-5-6-7-8-9-10-11-12-13-14-15-16-17-18-19-20-21-22-23-26-33(39)37-28-29-41-42-35(2,3)31-38-34(40)32-25-24-27-36-30-32/h5-6,8-9,11-12,14-15,17-18,24-25,27,30-31H,4,7,10,13,16,19,22-23,26,28-29H2,1-3H3,(H,37,39)/b6-5-,9-8-,12-11-,15-14-,18-17-,38-31?. The first kappa shape index (κ1) is 36.9. The molecule has 0 atom stereocenters. The third kappa shape index (κ3) is 22.6. The van der Waals surface area contributed by atoms with Gasteiger partial charge in [0.15, 0.2) is 0 Å². The number of allylic oxidation sites excluding steroid dienone is 10. The number of rotatable bonds is 20. The molecule has 0 aliphatic heterocycles. The lowest BCUT2D eigenvalue weighted by Gasteiger charge is -2.17. The Bertz CT molecular complexity index is 1120. The molecule has 1 N–H and O–H groups in total. The van der Waals surface area contributed by atoms with E-state index in [0.717, 1.165) is 57.1 Å². The van der Waals surface area contributed by atoms with Gasteiger partial charge in [0, 0.05) is 50.2 Å². The first-order chi connectivity index (χ1) is 20.4. The number of aromatic nitrogens is 1. The molecule has 0 aromatic carbocycles. The summed E-state index contributed by atoms with van der Waals surface area (Å²) in [4.78, 5) is 32.2. The summed E-state index contributed by atoms with van der Waals surface area (Å²) in [6, 6.07) is 3.42. The van der Waals surface area contributed by atoms with E-state index in [1.807, 2.05) is 13.8 Å². The average molecular weight is 606 g/mol. The predicted octanol–water partition coefficient (Wildman–Crippen LogP) is 8.88. The van der Waals surface area contributed by atoms with Crippen molar-refractivity contribution in [1.29, 1.82) is 0 Å². The Balaban J connectivity index is 2.02. The van der Waals surface area contributed by atoms with Crippen LogP contribution in [0.15, 0.2) is 90.3 Å². The van der Waals surface area contributed by atoms with Gasteiger partial charge in [-0.3, -0.25) is 14.6 Å². The third-order valence-electron chi connectivity index (χ3n) is 5.39. The highest BCUT2D eigenvalue weighted by Gasteiger charge is 2.17. The number of carbonyl (C=O) groups is 2. The van der Waals surface area contributed by atoms with Gasteiger partial charge >= 0.3 is 0 Å². The summed E-state index contributed by atoms with van der Waals surface area (Å²) >= 11 is 0. The number of nitrogens with zero attached hydrogens (tertiary/aromatic N) is 2. The molecule has 0 spiro atoms. The van der Waals surface area contributed by atoms with Crippen LogP contribution in [0.25, 0.3) is 0 Å². The van der Waals surface area contributed by atoms with Gasteiger partial charge < -0.3 is 5.32 Å². The Kier molecular flexibility index (Phi) is 22.5. The van der Waals surface area contributed by atoms with Gasteiger partial charge in [-0.15, -0.1) is 5.92 Å². The van der Waals surface area contributed by atoms with Crippen LogP contribution in [0.1, 0.15) is 88.9 Å². The zero-order valence-corrected chi connectivity index (χ0v) is 27.1. The highest BCUT2D eigenvalue weighted by Crippen LogP contribution is 2.34. The maximum absolute atomic E-state index is 12.1. The molecule has 226 valence electrons. The minimum Gasteiger partial charge on any atom is -0.355 e. The Labute approximate surface area is 262 Å². The Morgan fingerprint density at radius 1 is 0.952 bits per heavy atom. The lowest BCUT2D eigenvalue weighted by molar-refractivity contribution is -0.121. The van der Waals surface area contributed by atoms with Crippen molar-refractivity contribution >= 4 is 39.6 Å². The van der Waals surface area contributed by atoms with Crippen LogP contribution in [0, 0.1) is 11.8 Å². The lowest BCUT2D eigenvalue weighted by atomic mass is 10.2. The highest BCUT2D eigenvalue weighted by molar-refractivity contribution is 8.77. The van der Waals surface area contributed by atoms with Crippen molar-refractivity contribution in [2.45, 2.75) is 83.3 Å². The third-order valence-corrected chi connectivity index (χ3v) is 8.56. The second-order valence-electron chi connectivity index (χ2n) is 9.78. The van der Waals surface area contributed by atoms with Crippen molar-refractivity contribution in [3.05, 3.63) is 90.9 Å². The topological polar surface area (TPSA) is 71.4 Å². The van der Waals surface area contributed by atoms with Gasteiger partial charge in [0.1, 0.15) is 0 Å². The van der Waals surface area contributed by atoms with Crippen molar-refractivity contribution in [1.82, 2.24) is 10.3 Å². The molecule has 0 fully saturated rings. The maximum atomic E-state index is 12.1. The molecule has 0 aliphatic rings. The molecule has 7 heteroatoms. The van der Waals surface area contributed by atoms with Crippen molar-refractivity contribution in [2.75, 3.05) is 12.3 Å². The predicted molar refractivity (Wildman–Crippen MR) is 185 cm³/mol. The number of hydrogen-bond donors (Lipinski definition) is 1. The van der Waals surface area contributed by atoms with E-state index in [1.54, 1.807) is 46.1 Å². The van der Waals surface area contributed by atoms with Crippen LogP contribution in [0.5, 0.6) is 0 Å². The Morgan fingerprint density at radius 2 is 1.60 bits per heavy atom. The Hall–Kier alpha value is -3.08. The summed E-state index contributed by atoms with van der Waals surface area (Å²) in [7, 11) is 3.27. The fourth-order valence-electron chi connectivity index (χ4n) is 3.20. The molecular formula is C35H47N3O2S2. The summed E-state index contributed by atoms with van der Waals surface area (Å²) in [6.07, 6.45) is 34.3. The second-order valence-corrected chi connectivity index (χ2v) is 12.9. The van der Waals surface area contributed by atoms with E-state index < -0.39 is 0 Å². The SMILES string of the molecule is CC/C=C\C/C=C\C/C=C\C/C=C\C/C=C\CC#CCCCC(=O)NCCSSC(C)(C)C=NC(=O)c1cccnc1. The molecule has 0 saturated carbocycles. The summed E-state index contributed by atoms with van der Waals surface area (Å²) in [6.45, 7) is 6.77. The summed E-state index contributed by atoms with van der Waals surface area (Å²) in [5, 5.41) is 2.96. The average Bonchev–Trinajstić information content (AvgIpc) is 2.99. The summed E-state index contributed by atoms with van der Waals surface area (Å²) < 4.78 is -0.308. The van der Waals surface area contributed by atoms with Crippen LogP contribution >= 0.6 is 21.6 Å². The fourth-order valence-corrected chi connectivity index (χ4v) is 5.41. The van der Waals surface area contributed by atoms with Gasteiger partial charge in [-0.1, -0.05) is 95.2 Å². The quantitative estimate of drug-likeness (QED) is 0.0528. The minimum atomic E-state index is -0.308. The number of carbonyl (C=O) groups excluding carboxylic acids is 2.